The third kappa shape index (κ3) is 2.50. The van der Waals surface area contributed by atoms with E-state index in [9.17, 15) is 4.39 Å². The van der Waals surface area contributed by atoms with Crippen LogP contribution in [-0.4, -0.2) is 9.97 Å². The Balaban J connectivity index is 2.13. The quantitative estimate of drug-likeness (QED) is 0.881. The van der Waals surface area contributed by atoms with Crippen molar-refractivity contribution in [2.45, 2.75) is 13.5 Å². The van der Waals surface area contributed by atoms with Crippen LogP contribution in [0.2, 0.25) is 0 Å². The Hall–Kier alpha value is -2.17. The van der Waals surface area contributed by atoms with Crippen molar-refractivity contribution in [1.82, 2.24) is 9.97 Å². The Morgan fingerprint density at radius 2 is 2.06 bits per heavy atom. The number of hydrogen-bond acceptors (Lipinski definition) is 4. The van der Waals surface area contributed by atoms with Crippen molar-refractivity contribution in [3.05, 3.63) is 47.5 Å². The van der Waals surface area contributed by atoms with Gasteiger partial charge in [-0.05, 0) is 13.0 Å². The number of halogens is 1. The molecule has 0 atom stereocenters. The molecule has 0 amide bonds. The van der Waals surface area contributed by atoms with E-state index in [0.29, 0.717) is 22.8 Å². The Morgan fingerprint density at radius 3 is 2.82 bits per heavy atom. The van der Waals surface area contributed by atoms with Gasteiger partial charge in [0.1, 0.15) is 24.6 Å². The normalized spacial score (nSPS) is 10.2. The number of aromatic nitrogens is 2. The Morgan fingerprint density at radius 1 is 1.29 bits per heavy atom. The second kappa shape index (κ2) is 4.78. The molecule has 1 heterocycles. The van der Waals surface area contributed by atoms with Crippen molar-refractivity contribution in [3.8, 4) is 5.88 Å². The van der Waals surface area contributed by atoms with Gasteiger partial charge in [-0.25, -0.2) is 14.4 Å². The summed E-state index contributed by atoms with van der Waals surface area (Å²) in [6, 6.07) is 6.44. The molecular formula is C12H12FN3O. The fraction of sp³-hybridized carbons (Fsp3) is 0.167. The van der Waals surface area contributed by atoms with Crippen molar-refractivity contribution in [3.63, 3.8) is 0 Å². The standard InChI is InChI=1S/C12H12FN3O/c1-8-11(14)15-7-16-12(8)17-6-9-4-2-3-5-10(9)13/h2-5,7H,6H2,1H3,(H2,14,15,16). The number of benzene rings is 1. The molecule has 0 saturated carbocycles. The predicted octanol–water partition coefficient (Wildman–Crippen LogP) is 2.09. The molecule has 0 aliphatic carbocycles. The smallest absolute Gasteiger partial charge is 0.221 e. The Kier molecular flexibility index (Phi) is 3.18. The fourth-order valence-electron chi connectivity index (χ4n) is 1.35. The minimum Gasteiger partial charge on any atom is -0.472 e. The van der Waals surface area contributed by atoms with Gasteiger partial charge in [0.25, 0.3) is 0 Å². The fourth-order valence-corrected chi connectivity index (χ4v) is 1.35. The van der Waals surface area contributed by atoms with Gasteiger partial charge in [-0.3, -0.25) is 0 Å². The number of hydrogen-bond donors (Lipinski definition) is 1. The molecule has 0 aliphatic heterocycles. The van der Waals surface area contributed by atoms with Crippen LogP contribution in [-0.2, 0) is 6.61 Å². The number of anilines is 1. The van der Waals surface area contributed by atoms with E-state index in [-0.39, 0.29) is 12.4 Å². The highest BCUT2D eigenvalue weighted by molar-refractivity contribution is 5.43. The van der Waals surface area contributed by atoms with E-state index >= 15 is 0 Å². The molecule has 1 aromatic heterocycles. The molecule has 0 unspecified atom stereocenters. The molecule has 2 rings (SSSR count). The van der Waals surface area contributed by atoms with Crippen molar-refractivity contribution in [2.24, 2.45) is 0 Å². The molecule has 0 fully saturated rings. The number of nitrogen functional groups attached to an aromatic ring is 1. The van der Waals surface area contributed by atoms with E-state index in [1.807, 2.05) is 0 Å². The summed E-state index contributed by atoms with van der Waals surface area (Å²) in [6.07, 6.45) is 1.32. The van der Waals surface area contributed by atoms with Crippen molar-refractivity contribution < 1.29 is 9.13 Å². The molecule has 2 N–H and O–H groups in total. The minimum absolute atomic E-state index is 0.115. The zero-order valence-corrected chi connectivity index (χ0v) is 9.35. The number of nitrogens with zero attached hydrogens (tertiary/aromatic N) is 2. The summed E-state index contributed by atoms with van der Waals surface area (Å²) in [5.41, 5.74) is 6.75. The lowest BCUT2D eigenvalue weighted by Gasteiger charge is -2.09. The van der Waals surface area contributed by atoms with E-state index in [1.165, 1.54) is 12.4 Å². The zero-order valence-electron chi connectivity index (χ0n) is 9.35. The lowest BCUT2D eigenvalue weighted by atomic mass is 10.2. The van der Waals surface area contributed by atoms with Gasteiger partial charge in [0, 0.05) is 5.56 Å². The molecule has 0 bridgehead atoms. The molecule has 5 heteroatoms. The summed E-state index contributed by atoms with van der Waals surface area (Å²) in [6.45, 7) is 1.87. The summed E-state index contributed by atoms with van der Waals surface area (Å²) in [5.74, 6) is 0.441. The monoisotopic (exact) mass is 233 g/mol. The van der Waals surface area contributed by atoms with Gasteiger partial charge in [-0.2, -0.15) is 0 Å². The van der Waals surface area contributed by atoms with E-state index < -0.39 is 0 Å². The van der Waals surface area contributed by atoms with Crippen LogP contribution in [0.1, 0.15) is 11.1 Å². The highest BCUT2D eigenvalue weighted by atomic mass is 19.1. The van der Waals surface area contributed by atoms with Crippen LogP contribution in [0.25, 0.3) is 0 Å². The molecular weight excluding hydrogens is 221 g/mol. The SMILES string of the molecule is Cc1c(N)ncnc1OCc1ccccc1F. The largest absolute Gasteiger partial charge is 0.472 e. The number of rotatable bonds is 3. The van der Waals surface area contributed by atoms with Gasteiger partial charge in [-0.15, -0.1) is 0 Å². The molecule has 0 aliphatic rings. The van der Waals surface area contributed by atoms with Crippen LogP contribution in [0.15, 0.2) is 30.6 Å². The van der Waals surface area contributed by atoms with Crippen LogP contribution < -0.4 is 10.5 Å². The summed E-state index contributed by atoms with van der Waals surface area (Å²) in [7, 11) is 0. The van der Waals surface area contributed by atoms with Gasteiger partial charge >= 0.3 is 0 Å². The lowest BCUT2D eigenvalue weighted by Crippen LogP contribution is -2.04. The molecule has 2 aromatic rings. The van der Waals surface area contributed by atoms with E-state index in [1.54, 1.807) is 25.1 Å². The van der Waals surface area contributed by atoms with Crippen molar-refractivity contribution >= 4 is 5.82 Å². The van der Waals surface area contributed by atoms with Crippen LogP contribution in [0.5, 0.6) is 5.88 Å². The topological polar surface area (TPSA) is 61.0 Å². The third-order valence-electron chi connectivity index (χ3n) is 2.40. The summed E-state index contributed by atoms with van der Waals surface area (Å²) in [5, 5.41) is 0. The third-order valence-corrected chi connectivity index (χ3v) is 2.40. The summed E-state index contributed by atoms with van der Waals surface area (Å²) in [4.78, 5) is 7.77. The van der Waals surface area contributed by atoms with Crippen LogP contribution in [0.3, 0.4) is 0 Å². The first-order valence-electron chi connectivity index (χ1n) is 5.11. The van der Waals surface area contributed by atoms with E-state index in [4.69, 9.17) is 10.5 Å². The molecule has 1 aromatic carbocycles. The maximum absolute atomic E-state index is 13.3. The van der Waals surface area contributed by atoms with Gasteiger partial charge in [-0.1, -0.05) is 18.2 Å². The first-order valence-corrected chi connectivity index (χ1v) is 5.11. The maximum atomic E-state index is 13.3. The number of ether oxygens (including phenoxy) is 1. The van der Waals surface area contributed by atoms with Gasteiger partial charge in [0.05, 0.1) is 5.56 Å². The Bertz CT molecular complexity index is 531. The molecule has 0 spiro atoms. The molecule has 0 radical (unpaired) electrons. The minimum atomic E-state index is -0.299. The lowest BCUT2D eigenvalue weighted by molar-refractivity contribution is 0.285. The molecule has 0 saturated heterocycles. The van der Waals surface area contributed by atoms with Gasteiger partial charge in [0.15, 0.2) is 0 Å². The molecule has 4 nitrogen and oxygen atoms in total. The highest BCUT2D eigenvalue weighted by Crippen LogP contribution is 2.19. The predicted molar refractivity (Wildman–Crippen MR) is 61.9 cm³/mol. The zero-order chi connectivity index (χ0) is 12.3. The summed E-state index contributed by atoms with van der Waals surface area (Å²) < 4.78 is 18.7. The van der Waals surface area contributed by atoms with Crippen LogP contribution >= 0.6 is 0 Å². The van der Waals surface area contributed by atoms with Gasteiger partial charge in [0.2, 0.25) is 5.88 Å². The van der Waals surface area contributed by atoms with Crippen molar-refractivity contribution in [2.75, 3.05) is 5.73 Å². The van der Waals surface area contributed by atoms with E-state index in [0.717, 1.165) is 0 Å². The van der Waals surface area contributed by atoms with Crippen LogP contribution in [0, 0.1) is 12.7 Å². The van der Waals surface area contributed by atoms with Crippen molar-refractivity contribution in [1.29, 1.82) is 0 Å². The first kappa shape index (κ1) is 11.3. The molecule has 17 heavy (non-hydrogen) atoms. The maximum Gasteiger partial charge on any atom is 0.221 e. The second-order valence-corrected chi connectivity index (χ2v) is 3.57. The van der Waals surface area contributed by atoms with Crippen LogP contribution in [0.4, 0.5) is 10.2 Å². The average molecular weight is 233 g/mol. The molecule has 88 valence electrons. The number of nitrogens with two attached hydrogens (primary N) is 1. The second-order valence-electron chi connectivity index (χ2n) is 3.57. The summed E-state index contributed by atoms with van der Waals surface area (Å²) >= 11 is 0. The van der Waals surface area contributed by atoms with Gasteiger partial charge < -0.3 is 10.5 Å². The highest BCUT2D eigenvalue weighted by Gasteiger charge is 2.07. The first-order chi connectivity index (χ1) is 8.18. The van der Waals surface area contributed by atoms with E-state index in [2.05, 4.69) is 9.97 Å². The Labute approximate surface area is 98.3 Å². The average Bonchev–Trinajstić information content (AvgIpc) is 2.33.